The Morgan fingerprint density at radius 2 is 2.26 bits per heavy atom. The molecule has 0 aromatic carbocycles. The van der Waals surface area contributed by atoms with E-state index in [0.29, 0.717) is 25.0 Å². The number of ether oxygens (including phenoxy) is 2. The van der Waals surface area contributed by atoms with Gasteiger partial charge in [-0.05, 0) is 33.1 Å². The summed E-state index contributed by atoms with van der Waals surface area (Å²) in [6.45, 7) is 5.96. The lowest BCUT2D eigenvalue weighted by molar-refractivity contribution is -0.146. The number of aliphatic carboxylic acids is 1. The Hall–Kier alpha value is -0.650. The van der Waals surface area contributed by atoms with Crippen molar-refractivity contribution in [2.45, 2.75) is 57.2 Å². The van der Waals surface area contributed by atoms with Crippen LogP contribution in [-0.2, 0) is 14.3 Å². The number of rotatable bonds is 8. The van der Waals surface area contributed by atoms with E-state index in [9.17, 15) is 9.90 Å². The van der Waals surface area contributed by atoms with E-state index in [2.05, 4.69) is 5.32 Å². The topological polar surface area (TPSA) is 67.8 Å². The van der Waals surface area contributed by atoms with E-state index in [1.807, 2.05) is 6.92 Å². The van der Waals surface area contributed by atoms with Gasteiger partial charge in [-0.15, -0.1) is 0 Å². The molecule has 0 amide bonds. The maximum absolute atomic E-state index is 11.4. The van der Waals surface area contributed by atoms with Gasteiger partial charge in [-0.1, -0.05) is 0 Å². The summed E-state index contributed by atoms with van der Waals surface area (Å²) < 4.78 is 11.1. The molecule has 2 aliphatic rings. The largest absolute Gasteiger partial charge is 0.480 e. The maximum Gasteiger partial charge on any atom is 0.323 e. The van der Waals surface area contributed by atoms with Gasteiger partial charge in [0.1, 0.15) is 5.54 Å². The number of carbonyl (C=O) groups is 1. The van der Waals surface area contributed by atoms with Gasteiger partial charge in [-0.3, -0.25) is 10.1 Å². The molecule has 2 N–H and O–H groups in total. The second-order valence-electron chi connectivity index (χ2n) is 6.13. The molecule has 0 aromatic heterocycles. The number of carboxylic acids is 1. The smallest absolute Gasteiger partial charge is 0.323 e. The molecule has 1 saturated heterocycles. The molecule has 110 valence electrons. The SMILES string of the molecule is CC(CC(C)(NC1CC1)C(=O)O)OCC1CCOC1. The fraction of sp³-hybridized carbons (Fsp3) is 0.929. The number of hydrogen-bond acceptors (Lipinski definition) is 4. The molecule has 1 heterocycles. The van der Waals surface area contributed by atoms with Crippen molar-refractivity contribution in [2.75, 3.05) is 19.8 Å². The van der Waals surface area contributed by atoms with Gasteiger partial charge in [-0.2, -0.15) is 0 Å². The summed E-state index contributed by atoms with van der Waals surface area (Å²) in [5.74, 6) is -0.325. The zero-order valence-corrected chi connectivity index (χ0v) is 11.9. The van der Waals surface area contributed by atoms with E-state index in [-0.39, 0.29) is 6.10 Å². The van der Waals surface area contributed by atoms with Gasteiger partial charge < -0.3 is 14.6 Å². The Balaban J connectivity index is 1.76. The summed E-state index contributed by atoms with van der Waals surface area (Å²) in [6, 6.07) is 0.372. The van der Waals surface area contributed by atoms with Crippen molar-refractivity contribution in [3.8, 4) is 0 Å². The van der Waals surface area contributed by atoms with Gasteiger partial charge in [0.25, 0.3) is 0 Å². The maximum atomic E-state index is 11.4. The molecule has 19 heavy (non-hydrogen) atoms. The van der Waals surface area contributed by atoms with Crippen LogP contribution in [0.2, 0.25) is 0 Å². The molecule has 1 saturated carbocycles. The average molecular weight is 271 g/mol. The first-order chi connectivity index (χ1) is 8.99. The third-order valence-corrected chi connectivity index (χ3v) is 3.91. The molecule has 5 heteroatoms. The lowest BCUT2D eigenvalue weighted by Crippen LogP contribution is -2.52. The minimum Gasteiger partial charge on any atom is -0.480 e. The van der Waals surface area contributed by atoms with E-state index in [1.54, 1.807) is 6.92 Å². The van der Waals surface area contributed by atoms with Crippen LogP contribution in [0, 0.1) is 5.92 Å². The van der Waals surface area contributed by atoms with Crippen molar-refractivity contribution in [1.82, 2.24) is 5.32 Å². The zero-order chi connectivity index (χ0) is 13.9. The number of hydrogen-bond donors (Lipinski definition) is 2. The number of carboxylic acid groups (broad SMARTS) is 1. The Morgan fingerprint density at radius 3 is 2.79 bits per heavy atom. The molecule has 0 radical (unpaired) electrons. The summed E-state index contributed by atoms with van der Waals surface area (Å²) in [6.07, 6.45) is 3.64. The van der Waals surface area contributed by atoms with Crippen molar-refractivity contribution < 1.29 is 19.4 Å². The fourth-order valence-corrected chi connectivity index (χ4v) is 2.54. The normalized spacial score (nSPS) is 28.0. The molecule has 5 nitrogen and oxygen atoms in total. The lowest BCUT2D eigenvalue weighted by atomic mass is 9.94. The van der Waals surface area contributed by atoms with Crippen LogP contribution >= 0.6 is 0 Å². The highest BCUT2D eigenvalue weighted by atomic mass is 16.5. The average Bonchev–Trinajstić information content (AvgIpc) is 2.99. The van der Waals surface area contributed by atoms with Crippen LogP contribution in [0.1, 0.15) is 39.5 Å². The molecule has 2 rings (SSSR count). The Kier molecular flexibility index (Phi) is 4.81. The van der Waals surface area contributed by atoms with E-state index in [0.717, 1.165) is 32.5 Å². The van der Waals surface area contributed by atoms with Gasteiger partial charge >= 0.3 is 5.97 Å². The van der Waals surface area contributed by atoms with E-state index in [4.69, 9.17) is 9.47 Å². The van der Waals surface area contributed by atoms with Crippen molar-refractivity contribution in [2.24, 2.45) is 5.92 Å². The van der Waals surface area contributed by atoms with Crippen molar-refractivity contribution >= 4 is 5.97 Å². The van der Waals surface area contributed by atoms with Crippen molar-refractivity contribution in [3.63, 3.8) is 0 Å². The van der Waals surface area contributed by atoms with Crippen LogP contribution < -0.4 is 5.32 Å². The lowest BCUT2D eigenvalue weighted by Gasteiger charge is -2.29. The Bertz CT molecular complexity index is 313. The highest BCUT2D eigenvalue weighted by molar-refractivity contribution is 5.78. The van der Waals surface area contributed by atoms with Crippen molar-refractivity contribution in [1.29, 1.82) is 0 Å². The summed E-state index contributed by atoms with van der Waals surface area (Å²) in [7, 11) is 0. The summed E-state index contributed by atoms with van der Waals surface area (Å²) >= 11 is 0. The minimum atomic E-state index is -0.882. The molecular formula is C14H25NO4. The van der Waals surface area contributed by atoms with Crippen LogP contribution in [0.4, 0.5) is 0 Å². The molecule has 3 unspecified atom stereocenters. The highest BCUT2D eigenvalue weighted by Gasteiger charge is 2.39. The van der Waals surface area contributed by atoms with Gasteiger partial charge in [0.05, 0.1) is 19.3 Å². The standard InChI is InChI=1S/C14H25NO4/c1-10(19-9-11-5-6-18-8-11)7-14(2,13(16)17)15-12-3-4-12/h10-12,15H,3-9H2,1-2H3,(H,16,17). The Morgan fingerprint density at radius 1 is 1.53 bits per heavy atom. The molecule has 3 atom stereocenters. The predicted molar refractivity (Wildman–Crippen MR) is 71.2 cm³/mol. The molecule has 0 bridgehead atoms. The van der Waals surface area contributed by atoms with Crippen LogP contribution in [0.25, 0.3) is 0 Å². The van der Waals surface area contributed by atoms with Gasteiger partial charge in [0, 0.05) is 25.0 Å². The van der Waals surface area contributed by atoms with Crippen LogP contribution in [0.3, 0.4) is 0 Å². The van der Waals surface area contributed by atoms with Gasteiger partial charge in [0.15, 0.2) is 0 Å². The van der Waals surface area contributed by atoms with E-state index >= 15 is 0 Å². The first-order valence-corrected chi connectivity index (χ1v) is 7.20. The molecule has 1 aliphatic carbocycles. The second-order valence-corrected chi connectivity index (χ2v) is 6.13. The molecular weight excluding hydrogens is 246 g/mol. The highest BCUT2D eigenvalue weighted by Crippen LogP contribution is 2.26. The second kappa shape index (κ2) is 6.20. The first-order valence-electron chi connectivity index (χ1n) is 7.20. The van der Waals surface area contributed by atoms with Gasteiger partial charge in [-0.25, -0.2) is 0 Å². The molecule has 0 aromatic rings. The summed E-state index contributed by atoms with van der Waals surface area (Å²) in [5, 5.41) is 12.6. The van der Waals surface area contributed by atoms with Gasteiger partial charge in [0.2, 0.25) is 0 Å². The van der Waals surface area contributed by atoms with E-state index in [1.165, 1.54) is 0 Å². The predicted octanol–water partition coefficient (Wildman–Crippen LogP) is 1.41. The summed E-state index contributed by atoms with van der Waals surface area (Å²) in [4.78, 5) is 11.4. The van der Waals surface area contributed by atoms with Crippen LogP contribution in [0.5, 0.6) is 0 Å². The number of nitrogens with one attached hydrogen (secondary N) is 1. The molecule has 0 spiro atoms. The minimum absolute atomic E-state index is 0.0621. The van der Waals surface area contributed by atoms with E-state index < -0.39 is 11.5 Å². The quantitative estimate of drug-likeness (QED) is 0.698. The monoisotopic (exact) mass is 271 g/mol. The van der Waals surface area contributed by atoms with Crippen LogP contribution in [0.15, 0.2) is 0 Å². The third-order valence-electron chi connectivity index (χ3n) is 3.91. The Labute approximate surface area is 114 Å². The summed E-state index contributed by atoms with van der Waals surface area (Å²) in [5.41, 5.74) is -0.882. The molecule has 2 fully saturated rings. The molecule has 1 aliphatic heterocycles. The first kappa shape index (κ1) is 14.8. The van der Waals surface area contributed by atoms with Crippen molar-refractivity contribution in [3.05, 3.63) is 0 Å². The zero-order valence-electron chi connectivity index (χ0n) is 11.9. The fourth-order valence-electron chi connectivity index (χ4n) is 2.54. The van der Waals surface area contributed by atoms with Crippen LogP contribution in [-0.4, -0.2) is 48.6 Å². The third kappa shape index (κ3) is 4.44.